The van der Waals surface area contributed by atoms with Crippen LogP contribution in [0.15, 0.2) is 54.6 Å². The van der Waals surface area contributed by atoms with Crippen LogP contribution in [0, 0.1) is 0 Å². The summed E-state index contributed by atoms with van der Waals surface area (Å²) in [5.74, 6) is -0.551. The molecular formula is C19H19ClFNO. The van der Waals surface area contributed by atoms with Gasteiger partial charge in [0.1, 0.15) is 0 Å². The summed E-state index contributed by atoms with van der Waals surface area (Å²) in [7, 11) is 0. The molecule has 1 atom stereocenters. The van der Waals surface area contributed by atoms with E-state index in [1.54, 1.807) is 24.3 Å². The van der Waals surface area contributed by atoms with E-state index in [1.807, 2.05) is 30.3 Å². The molecule has 1 aliphatic carbocycles. The second-order valence-corrected chi connectivity index (χ2v) is 6.64. The quantitative estimate of drug-likeness (QED) is 0.850. The normalized spacial score (nSPS) is 17.1. The van der Waals surface area contributed by atoms with Crippen LogP contribution in [0.5, 0.6) is 0 Å². The van der Waals surface area contributed by atoms with Gasteiger partial charge in [-0.1, -0.05) is 54.1 Å². The van der Waals surface area contributed by atoms with Crippen LogP contribution in [0.1, 0.15) is 36.6 Å². The first-order valence-electron chi connectivity index (χ1n) is 7.83. The lowest BCUT2D eigenvalue weighted by atomic mass is 9.72. The van der Waals surface area contributed by atoms with Gasteiger partial charge in [0.05, 0.1) is 0 Å². The highest BCUT2D eigenvalue weighted by Gasteiger charge is 2.40. The molecule has 0 bridgehead atoms. The van der Waals surface area contributed by atoms with Crippen molar-refractivity contribution in [3.05, 3.63) is 70.7 Å². The fourth-order valence-corrected chi connectivity index (χ4v) is 3.17. The molecule has 0 spiro atoms. The first-order chi connectivity index (χ1) is 11.1. The Bertz CT molecular complexity index is 668. The third kappa shape index (κ3) is 3.73. The highest BCUT2D eigenvalue weighted by atomic mass is 35.5. The largest absolute Gasteiger partial charge is 0.347 e. The molecule has 0 saturated heterocycles. The number of carbonyl (C=O) groups is 1. The van der Waals surface area contributed by atoms with Crippen LogP contribution in [0.2, 0.25) is 5.02 Å². The minimum Gasteiger partial charge on any atom is -0.347 e. The van der Waals surface area contributed by atoms with Gasteiger partial charge in [-0.15, -0.1) is 0 Å². The predicted octanol–water partition coefficient (Wildman–Crippen LogP) is 4.63. The van der Waals surface area contributed by atoms with Crippen molar-refractivity contribution in [2.75, 3.05) is 0 Å². The fourth-order valence-electron chi connectivity index (χ4n) is 3.04. The highest BCUT2D eigenvalue weighted by molar-refractivity contribution is 6.30. The van der Waals surface area contributed by atoms with Crippen molar-refractivity contribution in [1.82, 2.24) is 5.32 Å². The minimum absolute atomic E-state index is 0.329. The number of rotatable bonds is 5. The van der Waals surface area contributed by atoms with Crippen LogP contribution < -0.4 is 5.32 Å². The maximum Gasteiger partial charge on any atom is 0.259 e. The van der Waals surface area contributed by atoms with E-state index in [4.69, 9.17) is 11.6 Å². The smallest absolute Gasteiger partial charge is 0.259 e. The summed E-state index contributed by atoms with van der Waals surface area (Å²) in [5.41, 5.74) is 1.17. The van der Waals surface area contributed by atoms with Gasteiger partial charge >= 0.3 is 0 Å². The van der Waals surface area contributed by atoms with Gasteiger partial charge < -0.3 is 5.32 Å². The third-order valence-corrected chi connectivity index (χ3v) is 4.73. The molecule has 2 aromatic carbocycles. The van der Waals surface area contributed by atoms with Gasteiger partial charge in [-0.3, -0.25) is 4.79 Å². The molecule has 1 fully saturated rings. The van der Waals surface area contributed by atoms with Crippen molar-refractivity contribution in [2.24, 2.45) is 0 Å². The molecular weight excluding hydrogens is 313 g/mol. The second kappa shape index (κ2) is 6.71. The average molecular weight is 332 g/mol. The summed E-state index contributed by atoms with van der Waals surface area (Å²) in [4.78, 5) is 12.3. The van der Waals surface area contributed by atoms with Crippen molar-refractivity contribution < 1.29 is 9.18 Å². The fraction of sp³-hybridized carbons (Fsp3) is 0.316. The number of carbonyl (C=O) groups excluding carboxylic acids is 1. The van der Waals surface area contributed by atoms with Crippen molar-refractivity contribution in [2.45, 2.75) is 37.4 Å². The summed E-state index contributed by atoms with van der Waals surface area (Å²) in [6.07, 6.45) is 1.89. The van der Waals surface area contributed by atoms with E-state index in [1.165, 1.54) is 0 Å². The summed E-state index contributed by atoms with van der Waals surface area (Å²) in [5, 5.41) is 3.63. The molecule has 1 unspecified atom stereocenters. The molecule has 2 nitrogen and oxygen atoms in total. The summed E-state index contributed by atoms with van der Waals surface area (Å²) in [6, 6.07) is 16.2. The van der Waals surface area contributed by atoms with Gasteiger partial charge in [-0.25, -0.2) is 4.39 Å². The molecule has 1 amide bonds. The van der Waals surface area contributed by atoms with Crippen LogP contribution in [-0.2, 0) is 11.2 Å². The van der Waals surface area contributed by atoms with Gasteiger partial charge in [0.25, 0.3) is 5.91 Å². The van der Waals surface area contributed by atoms with Crippen LogP contribution in [0.3, 0.4) is 0 Å². The Balaban J connectivity index is 1.69. The lowest BCUT2D eigenvalue weighted by Gasteiger charge is -2.43. The van der Waals surface area contributed by atoms with Crippen molar-refractivity contribution in [1.29, 1.82) is 0 Å². The zero-order chi connectivity index (χ0) is 16.3. The SMILES string of the molecule is O=C(NC1(Cc2ccc(Cl)cc2)CCC1)C(F)c1ccccc1. The van der Waals surface area contributed by atoms with Crippen LogP contribution >= 0.6 is 11.6 Å². The molecule has 0 heterocycles. The van der Waals surface area contributed by atoms with E-state index in [-0.39, 0.29) is 5.54 Å². The zero-order valence-electron chi connectivity index (χ0n) is 12.8. The first kappa shape index (κ1) is 16.0. The van der Waals surface area contributed by atoms with E-state index in [0.717, 1.165) is 24.8 Å². The number of nitrogens with one attached hydrogen (secondary N) is 1. The van der Waals surface area contributed by atoms with Crippen molar-refractivity contribution >= 4 is 17.5 Å². The molecule has 0 aromatic heterocycles. The standard InChI is InChI=1S/C19H19ClFNO/c20-16-9-7-14(8-10-16)13-19(11-4-12-19)22-18(23)17(21)15-5-2-1-3-6-15/h1-3,5-10,17H,4,11-13H2,(H,22,23). The maximum absolute atomic E-state index is 14.4. The average Bonchev–Trinajstić information content (AvgIpc) is 2.54. The lowest BCUT2D eigenvalue weighted by Crippen LogP contribution is -2.55. The Labute approximate surface area is 140 Å². The van der Waals surface area contributed by atoms with Crippen molar-refractivity contribution in [3.8, 4) is 0 Å². The molecule has 23 heavy (non-hydrogen) atoms. The molecule has 1 N–H and O–H groups in total. The monoisotopic (exact) mass is 331 g/mol. The van der Waals surface area contributed by atoms with Gasteiger partial charge in [0.2, 0.25) is 6.17 Å². The van der Waals surface area contributed by atoms with Gasteiger partial charge in [0.15, 0.2) is 0 Å². The maximum atomic E-state index is 14.4. The van der Waals surface area contributed by atoms with Crippen LogP contribution in [0.25, 0.3) is 0 Å². The summed E-state index contributed by atoms with van der Waals surface area (Å²) < 4.78 is 14.4. The number of alkyl halides is 1. The molecule has 1 saturated carbocycles. The molecule has 0 radical (unpaired) electrons. The Morgan fingerprint density at radius 2 is 1.78 bits per heavy atom. The predicted molar refractivity (Wildman–Crippen MR) is 90.2 cm³/mol. The number of hydrogen-bond donors (Lipinski definition) is 1. The lowest BCUT2D eigenvalue weighted by molar-refractivity contribution is -0.129. The summed E-state index contributed by atoms with van der Waals surface area (Å²) in [6.45, 7) is 0. The molecule has 4 heteroatoms. The number of hydrogen-bond acceptors (Lipinski definition) is 1. The van der Waals surface area contributed by atoms with E-state index in [9.17, 15) is 9.18 Å². The summed E-state index contributed by atoms with van der Waals surface area (Å²) >= 11 is 5.91. The van der Waals surface area contributed by atoms with Crippen LogP contribution in [-0.4, -0.2) is 11.4 Å². The Kier molecular flexibility index (Phi) is 4.67. The second-order valence-electron chi connectivity index (χ2n) is 6.20. The van der Waals surface area contributed by atoms with Gasteiger partial charge in [0, 0.05) is 10.6 Å². The Morgan fingerprint density at radius 1 is 1.13 bits per heavy atom. The van der Waals surface area contributed by atoms with Crippen LogP contribution in [0.4, 0.5) is 4.39 Å². The number of benzene rings is 2. The molecule has 3 rings (SSSR count). The van der Waals surface area contributed by atoms with E-state index in [0.29, 0.717) is 17.0 Å². The topological polar surface area (TPSA) is 29.1 Å². The molecule has 120 valence electrons. The first-order valence-corrected chi connectivity index (χ1v) is 8.21. The Morgan fingerprint density at radius 3 is 2.35 bits per heavy atom. The van der Waals surface area contributed by atoms with E-state index < -0.39 is 12.1 Å². The minimum atomic E-state index is -1.63. The number of halogens is 2. The molecule has 0 aliphatic heterocycles. The highest BCUT2D eigenvalue weighted by Crippen LogP contribution is 2.36. The Hall–Kier alpha value is -1.87. The van der Waals surface area contributed by atoms with Gasteiger partial charge in [-0.05, 0) is 48.9 Å². The third-order valence-electron chi connectivity index (χ3n) is 4.48. The number of amides is 1. The van der Waals surface area contributed by atoms with E-state index in [2.05, 4.69) is 5.32 Å². The zero-order valence-corrected chi connectivity index (χ0v) is 13.5. The van der Waals surface area contributed by atoms with E-state index >= 15 is 0 Å². The molecule has 2 aromatic rings. The van der Waals surface area contributed by atoms with Crippen molar-refractivity contribution in [3.63, 3.8) is 0 Å². The van der Waals surface area contributed by atoms with Gasteiger partial charge in [-0.2, -0.15) is 0 Å². The molecule has 1 aliphatic rings.